The topological polar surface area (TPSA) is 46.3 Å². The van der Waals surface area contributed by atoms with Crippen LogP contribution in [0.1, 0.15) is 40.0 Å². The minimum Gasteiger partial charge on any atom is -0.393 e. The van der Waals surface area contributed by atoms with Crippen LogP contribution in [0.3, 0.4) is 0 Å². The SMILES string of the molecule is CCC(CC)C(=O)N(C)C(C)CC(N)=S. The highest BCUT2D eigenvalue weighted by Crippen LogP contribution is 2.13. The Morgan fingerprint density at radius 2 is 1.87 bits per heavy atom. The summed E-state index contributed by atoms with van der Waals surface area (Å²) in [5.74, 6) is 0.326. The lowest BCUT2D eigenvalue weighted by Gasteiger charge is -2.28. The van der Waals surface area contributed by atoms with Crippen molar-refractivity contribution in [3.05, 3.63) is 0 Å². The summed E-state index contributed by atoms with van der Waals surface area (Å²) in [4.78, 5) is 14.2. The Balaban J connectivity index is 4.35. The minimum absolute atomic E-state index is 0.0931. The van der Waals surface area contributed by atoms with Crippen LogP contribution in [0.15, 0.2) is 0 Å². The summed E-state index contributed by atoms with van der Waals surface area (Å²) in [5, 5.41) is 0. The van der Waals surface area contributed by atoms with Crippen LogP contribution in [0.5, 0.6) is 0 Å². The standard InChI is InChI=1S/C11H22N2OS/c1-5-9(6-2)11(14)13(4)8(3)7-10(12)15/h8-9H,5-7H2,1-4H3,(H2,12,15). The normalized spacial score (nSPS) is 12.6. The number of carbonyl (C=O) groups is 1. The van der Waals surface area contributed by atoms with Gasteiger partial charge in [0.15, 0.2) is 0 Å². The predicted octanol–water partition coefficient (Wildman–Crippen LogP) is 1.95. The average Bonchev–Trinajstić information content (AvgIpc) is 2.17. The van der Waals surface area contributed by atoms with Crippen LogP contribution in [0.25, 0.3) is 0 Å². The summed E-state index contributed by atoms with van der Waals surface area (Å²) in [6.45, 7) is 6.05. The van der Waals surface area contributed by atoms with Gasteiger partial charge in [0, 0.05) is 25.4 Å². The van der Waals surface area contributed by atoms with E-state index in [-0.39, 0.29) is 17.9 Å². The zero-order valence-corrected chi connectivity index (χ0v) is 10.9. The van der Waals surface area contributed by atoms with Crippen molar-refractivity contribution in [3.8, 4) is 0 Å². The second-order valence-electron chi connectivity index (χ2n) is 3.98. The number of nitrogens with two attached hydrogens (primary N) is 1. The molecule has 0 aromatic heterocycles. The van der Waals surface area contributed by atoms with Gasteiger partial charge < -0.3 is 10.6 Å². The summed E-state index contributed by atoms with van der Waals surface area (Å²) in [5.41, 5.74) is 5.47. The Bertz CT molecular complexity index is 227. The van der Waals surface area contributed by atoms with Crippen molar-refractivity contribution in [1.29, 1.82) is 0 Å². The van der Waals surface area contributed by atoms with Crippen molar-refractivity contribution in [1.82, 2.24) is 4.90 Å². The molecule has 0 bridgehead atoms. The summed E-state index contributed by atoms with van der Waals surface area (Å²) >= 11 is 4.84. The molecule has 0 saturated heterocycles. The molecule has 3 nitrogen and oxygen atoms in total. The molecule has 2 N–H and O–H groups in total. The van der Waals surface area contributed by atoms with E-state index in [1.54, 1.807) is 4.90 Å². The first kappa shape index (κ1) is 14.4. The largest absolute Gasteiger partial charge is 0.393 e. The zero-order valence-electron chi connectivity index (χ0n) is 10.1. The summed E-state index contributed by atoms with van der Waals surface area (Å²) in [6.07, 6.45) is 2.37. The third-order valence-electron chi connectivity index (χ3n) is 2.84. The van der Waals surface area contributed by atoms with Crippen molar-refractivity contribution in [2.75, 3.05) is 7.05 Å². The first-order valence-corrected chi connectivity index (χ1v) is 5.89. The van der Waals surface area contributed by atoms with E-state index in [1.807, 2.05) is 27.8 Å². The van der Waals surface area contributed by atoms with Crippen molar-refractivity contribution in [2.45, 2.75) is 46.1 Å². The third kappa shape index (κ3) is 4.60. The van der Waals surface area contributed by atoms with Crippen LogP contribution < -0.4 is 5.73 Å². The smallest absolute Gasteiger partial charge is 0.225 e. The summed E-state index contributed by atoms with van der Waals surface area (Å²) in [7, 11) is 1.82. The fraction of sp³-hybridized carbons (Fsp3) is 0.818. The molecule has 1 atom stereocenters. The van der Waals surface area contributed by atoms with Crippen molar-refractivity contribution >= 4 is 23.1 Å². The Labute approximate surface area is 98.0 Å². The number of carbonyl (C=O) groups excluding carboxylic acids is 1. The number of hydrogen-bond acceptors (Lipinski definition) is 2. The highest BCUT2D eigenvalue weighted by Gasteiger charge is 2.22. The van der Waals surface area contributed by atoms with Gasteiger partial charge in [-0.25, -0.2) is 0 Å². The van der Waals surface area contributed by atoms with Gasteiger partial charge in [-0.2, -0.15) is 0 Å². The maximum Gasteiger partial charge on any atom is 0.225 e. The Hall–Kier alpha value is -0.640. The molecule has 0 aliphatic heterocycles. The first-order valence-electron chi connectivity index (χ1n) is 5.48. The van der Waals surface area contributed by atoms with E-state index in [0.717, 1.165) is 12.8 Å². The zero-order chi connectivity index (χ0) is 12.0. The number of thiocarbonyl (C=S) groups is 1. The molecule has 0 saturated carbocycles. The molecular formula is C11H22N2OS. The van der Waals surface area contributed by atoms with Gasteiger partial charge in [0.05, 0.1) is 4.99 Å². The molecule has 0 aliphatic carbocycles. The second kappa shape index (κ2) is 6.77. The first-order chi connectivity index (χ1) is 6.93. The fourth-order valence-corrected chi connectivity index (χ4v) is 1.81. The lowest BCUT2D eigenvalue weighted by Crippen LogP contribution is -2.40. The van der Waals surface area contributed by atoms with E-state index >= 15 is 0 Å². The minimum atomic E-state index is 0.0931. The second-order valence-corrected chi connectivity index (χ2v) is 4.51. The van der Waals surface area contributed by atoms with Crippen LogP contribution in [0.2, 0.25) is 0 Å². The van der Waals surface area contributed by atoms with Gasteiger partial charge in [-0.3, -0.25) is 4.79 Å². The van der Waals surface area contributed by atoms with E-state index in [4.69, 9.17) is 18.0 Å². The van der Waals surface area contributed by atoms with Gasteiger partial charge in [-0.05, 0) is 19.8 Å². The van der Waals surface area contributed by atoms with E-state index in [9.17, 15) is 4.79 Å². The summed E-state index contributed by atoms with van der Waals surface area (Å²) < 4.78 is 0. The van der Waals surface area contributed by atoms with E-state index < -0.39 is 0 Å². The molecule has 88 valence electrons. The molecular weight excluding hydrogens is 208 g/mol. The highest BCUT2D eigenvalue weighted by molar-refractivity contribution is 7.80. The van der Waals surface area contributed by atoms with Gasteiger partial charge in [-0.15, -0.1) is 0 Å². The molecule has 4 heteroatoms. The lowest BCUT2D eigenvalue weighted by molar-refractivity contribution is -0.136. The lowest BCUT2D eigenvalue weighted by atomic mass is 10.0. The van der Waals surface area contributed by atoms with Gasteiger partial charge >= 0.3 is 0 Å². The monoisotopic (exact) mass is 230 g/mol. The Morgan fingerprint density at radius 1 is 1.40 bits per heavy atom. The number of amides is 1. The van der Waals surface area contributed by atoms with Gasteiger partial charge in [-0.1, -0.05) is 26.1 Å². The molecule has 0 radical (unpaired) electrons. The predicted molar refractivity (Wildman–Crippen MR) is 67.7 cm³/mol. The van der Waals surface area contributed by atoms with Gasteiger partial charge in [0.25, 0.3) is 0 Å². The van der Waals surface area contributed by atoms with Gasteiger partial charge in [0.2, 0.25) is 5.91 Å². The molecule has 0 aliphatic rings. The molecule has 0 rings (SSSR count). The number of rotatable bonds is 6. The maximum absolute atomic E-state index is 12.0. The van der Waals surface area contributed by atoms with Crippen LogP contribution in [0, 0.1) is 5.92 Å². The number of nitrogens with zero attached hydrogens (tertiary/aromatic N) is 1. The highest BCUT2D eigenvalue weighted by atomic mass is 32.1. The Kier molecular flexibility index (Phi) is 6.48. The van der Waals surface area contributed by atoms with Crippen LogP contribution in [-0.4, -0.2) is 28.9 Å². The average molecular weight is 230 g/mol. The maximum atomic E-state index is 12.0. The molecule has 0 heterocycles. The van der Waals surface area contributed by atoms with E-state index in [0.29, 0.717) is 11.4 Å². The van der Waals surface area contributed by atoms with Crippen molar-refractivity contribution < 1.29 is 4.79 Å². The number of hydrogen-bond donors (Lipinski definition) is 1. The quantitative estimate of drug-likeness (QED) is 0.709. The molecule has 0 aromatic rings. The van der Waals surface area contributed by atoms with Crippen LogP contribution in [-0.2, 0) is 4.79 Å². The van der Waals surface area contributed by atoms with E-state index in [1.165, 1.54) is 0 Å². The van der Waals surface area contributed by atoms with Crippen LogP contribution in [0.4, 0.5) is 0 Å². The van der Waals surface area contributed by atoms with Crippen LogP contribution >= 0.6 is 12.2 Å². The van der Waals surface area contributed by atoms with Gasteiger partial charge in [0.1, 0.15) is 0 Å². The van der Waals surface area contributed by atoms with E-state index in [2.05, 4.69) is 0 Å². The molecule has 15 heavy (non-hydrogen) atoms. The fourth-order valence-electron chi connectivity index (χ4n) is 1.57. The molecule has 0 aromatic carbocycles. The van der Waals surface area contributed by atoms with Crippen molar-refractivity contribution in [2.24, 2.45) is 11.7 Å². The Morgan fingerprint density at radius 3 is 2.20 bits per heavy atom. The molecule has 0 spiro atoms. The molecule has 1 unspecified atom stereocenters. The summed E-state index contributed by atoms with van der Waals surface area (Å²) in [6, 6.07) is 0.0931. The molecule has 1 amide bonds. The molecule has 0 fully saturated rings. The van der Waals surface area contributed by atoms with Crippen molar-refractivity contribution in [3.63, 3.8) is 0 Å². The third-order valence-corrected chi connectivity index (χ3v) is 3.01.